The average molecular weight is 269 g/mol. The van der Waals surface area contributed by atoms with Gasteiger partial charge in [0.2, 0.25) is 11.8 Å². The van der Waals surface area contributed by atoms with Crippen molar-refractivity contribution < 1.29 is 9.59 Å². The van der Waals surface area contributed by atoms with E-state index in [9.17, 15) is 9.59 Å². The second kappa shape index (κ2) is 8.15. The Kier molecular flexibility index (Phi) is 6.84. The molecule has 1 aliphatic rings. The minimum atomic E-state index is -0.116. The van der Waals surface area contributed by atoms with E-state index in [4.69, 9.17) is 0 Å². The van der Waals surface area contributed by atoms with Crippen LogP contribution < -0.4 is 10.6 Å². The third-order valence-corrected chi connectivity index (χ3v) is 3.34. The summed E-state index contributed by atoms with van der Waals surface area (Å²) in [4.78, 5) is 25.8. The van der Waals surface area contributed by atoms with Gasteiger partial charge in [0.1, 0.15) is 0 Å². The maximum atomic E-state index is 12.4. The first-order valence-corrected chi connectivity index (χ1v) is 7.36. The molecule has 1 aliphatic heterocycles. The molecule has 1 fully saturated rings. The molecule has 0 radical (unpaired) electrons. The van der Waals surface area contributed by atoms with Gasteiger partial charge in [-0.05, 0) is 40.2 Å². The number of nitrogens with one attached hydrogen (secondary N) is 2. The average Bonchev–Trinajstić information content (AvgIpc) is 2.63. The summed E-state index contributed by atoms with van der Waals surface area (Å²) in [5.41, 5.74) is 0. The van der Waals surface area contributed by atoms with Gasteiger partial charge in [-0.1, -0.05) is 12.8 Å². The van der Waals surface area contributed by atoms with E-state index in [0.29, 0.717) is 6.54 Å². The SMILES string of the molecule is CCN(CC(=O)NC(C)C)C(=O)C1CCCCCN1. The van der Waals surface area contributed by atoms with Crippen LogP contribution in [-0.4, -0.2) is 48.4 Å². The van der Waals surface area contributed by atoms with Crippen molar-refractivity contribution in [2.75, 3.05) is 19.6 Å². The highest BCUT2D eigenvalue weighted by atomic mass is 16.2. The molecule has 2 amide bonds. The summed E-state index contributed by atoms with van der Waals surface area (Å²) in [5.74, 6) is -0.0258. The van der Waals surface area contributed by atoms with Gasteiger partial charge in [-0.3, -0.25) is 9.59 Å². The summed E-state index contributed by atoms with van der Waals surface area (Å²) in [6.07, 6.45) is 4.26. The van der Waals surface area contributed by atoms with Gasteiger partial charge < -0.3 is 15.5 Å². The van der Waals surface area contributed by atoms with E-state index >= 15 is 0 Å². The molecule has 0 aromatic carbocycles. The molecule has 1 saturated heterocycles. The fourth-order valence-corrected chi connectivity index (χ4v) is 2.35. The monoisotopic (exact) mass is 269 g/mol. The lowest BCUT2D eigenvalue weighted by atomic mass is 10.1. The van der Waals surface area contributed by atoms with Gasteiger partial charge in [0, 0.05) is 12.6 Å². The number of hydrogen-bond acceptors (Lipinski definition) is 3. The van der Waals surface area contributed by atoms with Gasteiger partial charge in [-0.2, -0.15) is 0 Å². The Morgan fingerprint density at radius 1 is 1.32 bits per heavy atom. The van der Waals surface area contributed by atoms with Gasteiger partial charge in [-0.25, -0.2) is 0 Å². The zero-order chi connectivity index (χ0) is 14.3. The summed E-state index contributed by atoms with van der Waals surface area (Å²) in [6.45, 7) is 7.38. The molecule has 110 valence electrons. The Balaban J connectivity index is 2.52. The summed E-state index contributed by atoms with van der Waals surface area (Å²) in [5, 5.41) is 6.11. The molecule has 1 rings (SSSR count). The van der Waals surface area contributed by atoms with Gasteiger partial charge in [0.15, 0.2) is 0 Å². The fourth-order valence-electron chi connectivity index (χ4n) is 2.35. The highest BCUT2D eigenvalue weighted by molar-refractivity contribution is 5.87. The molecular formula is C14H27N3O2. The Morgan fingerprint density at radius 2 is 2.05 bits per heavy atom. The van der Waals surface area contributed by atoms with E-state index in [1.54, 1.807) is 4.90 Å². The fraction of sp³-hybridized carbons (Fsp3) is 0.857. The van der Waals surface area contributed by atoms with Crippen molar-refractivity contribution in [3.63, 3.8) is 0 Å². The second-order valence-electron chi connectivity index (χ2n) is 5.43. The van der Waals surface area contributed by atoms with Crippen LogP contribution in [0.2, 0.25) is 0 Å². The number of amides is 2. The van der Waals surface area contributed by atoms with E-state index < -0.39 is 0 Å². The first-order chi connectivity index (χ1) is 9.04. The van der Waals surface area contributed by atoms with Crippen molar-refractivity contribution in [1.82, 2.24) is 15.5 Å². The summed E-state index contributed by atoms with van der Waals surface area (Å²) in [7, 11) is 0. The van der Waals surface area contributed by atoms with Gasteiger partial charge >= 0.3 is 0 Å². The number of carbonyl (C=O) groups is 2. The largest absolute Gasteiger partial charge is 0.352 e. The van der Waals surface area contributed by atoms with E-state index in [1.165, 1.54) is 6.42 Å². The molecule has 0 aromatic rings. The van der Waals surface area contributed by atoms with Crippen LogP contribution >= 0.6 is 0 Å². The minimum absolute atomic E-state index is 0.0586. The van der Waals surface area contributed by atoms with Crippen LogP contribution in [0.25, 0.3) is 0 Å². The maximum absolute atomic E-state index is 12.4. The summed E-state index contributed by atoms with van der Waals surface area (Å²) >= 11 is 0. The molecule has 5 heteroatoms. The molecule has 1 unspecified atom stereocenters. The van der Waals surface area contributed by atoms with Crippen molar-refractivity contribution in [2.45, 2.75) is 58.5 Å². The molecule has 0 spiro atoms. The van der Waals surface area contributed by atoms with Gasteiger partial charge in [-0.15, -0.1) is 0 Å². The molecule has 2 N–H and O–H groups in total. The Hall–Kier alpha value is -1.10. The quantitative estimate of drug-likeness (QED) is 0.779. The molecule has 0 aliphatic carbocycles. The predicted molar refractivity (Wildman–Crippen MR) is 75.8 cm³/mol. The third-order valence-electron chi connectivity index (χ3n) is 3.34. The van der Waals surface area contributed by atoms with Gasteiger partial charge in [0.25, 0.3) is 0 Å². The van der Waals surface area contributed by atoms with Crippen molar-refractivity contribution in [1.29, 1.82) is 0 Å². The normalized spacial score (nSPS) is 19.9. The molecule has 0 bridgehead atoms. The number of hydrogen-bond donors (Lipinski definition) is 2. The van der Waals surface area contributed by atoms with Crippen molar-refractivity contribution in [2.24, 2.45) is 0 Å². The lowest BCUT2D eigenvalue weighted by molar-refractivity contribution is -0.137. The van der Waals surface area contributed by atoms with E-state index in [2.05, 4.69) is 10.6 Å². The Bertz CT molecular complexity index is 297. The predicted octanol–water partition coefficient (Wildman–Crippen LogP) is 0.892. The van der Waals surface area contributed by atoms with E-state index in [-0.39, 0.29) is 30.4 Å². The Labute approximate surface area is 116 Å². The van der Waals surface area contributed by atoms with Crippen LogP contribution in [0.3, 0.4) is 0 Å². The van der Waals surface area contributed by atoms with Crippen LogP contribution in [0.15, 0.2) is 0 Å². The number of carbonyl (C=O) groups excluding carboxylic acids is 2. The smallest absolute Gasteiger partial charge is 0.240 e. The number of likely N-dealkylation sites (N-methyl/N-ethyl adjacent to an activating group) is 1. The summed E-state index contributed by atoms with van der Waals surface area (Å²) < 4.78 is 0. The first-order valence-electron chi connectivity index (χ1n) is 7.36. The van der Waals surface area contributed by atoms with Crippen molar-refractivity contribution in [3.8, 4) is 0 Å². The summed E-state index contributed by atoms with van der Waals surface area (Å²) in [6, 6.07) is -0.00777. The van der Waals surface area contributed by atoms with Crippen LogP contribution in [0.5, 0.6) is 0 Å². The molecule has 0 saturated carbocycles. The molecule has 5 nitrogen and oxygen atoms in total. The standard InChI is InChI=1S/C14H27N3O2/c1-4-17(10-13(18)16-11(2)3)14(19)12-8-6-5-7-9-15-12/h11-12,15H,4-10H2,1-3H3,(H,16,18). The lowest BCUT2D eigenvalue weighted by Gasteiger charge is -2.26. The number of rotatable bonds is 5. The highest BCUT2D eigenvalue weighted by Crippen LogP contribution is 2.10. The molecule has 0 aromatic heterocycles. The van der Waals surface area contributed by atoms with Crippen LogP contribution in [0.4, 0.5) is 0 Å². The zero-order valence-electron chi connectivity index (χ0n) is 12.4. The third kappa shape index (κ3) is 5.59. The minimum Gasteiger partial charge on any atom is -0.352 e. The van der Waals surface area contributed by atoms with E-state index in [1.807, 2.05) is 20.8 Å². The second-order valence-corrected chi connectivity index (χ2v) is 5.43. The van der Waals surface area contributed by atoms with E-state index in [0.717, 1.165) is 25.8 Å². The molecule has 19 heavy (non-hydrogen) atoms. The maximum Gasteiger partial charge on any atom is 0.240 e. The van der Waals surface area contributed by atoms with Crippen molar-refractivity contribution >= 4 is 11.8 Å². The molecule has 1 atom stereocenters. The van der Waals surface area contributed by atoms with Crippen LogP contribution in [-0.2, 0) is 9.59 Å². The Morgan fingerprint density at radius 3 is 2.68 bits per heavy atom. The van der Waals surface area contributed by atoms with Crippen LogP contribution in [0.1, 0.15) is 46.5 Å². The molecule has 1 heterocycles. The van der Waals surface area contributed by atoms with Crippen molar-refractivity contribution in [3.05, 3.63) is 0 Å². The zero-order valence-corrected chi connectivity index (χ0v) is 12.4. The highest BCUT2D eigenvalue weighted by Gasteiger charge is 2.25. The van der Waals surface area contributed by atoms with Gasteiger partial charge in [0.05, 0.1) is 12.6 Å². The molecular weight excluding hydrogens is 242 g/mol. The number of nitrogens with zero attached hydrogens (tertiary/aromatic N) is 1. The lowest BCUT2D eigenvalue weighted by Crippen LogP contribution is -2.50. The first kappa shape index (κ1) is 16.0. The van der Waals surface area contributed by atoms with Crippen LogP contribution in [0, 0.1) is 0 Å². The topological polar surface area (TPSA) is 61.4 Å².